The van der Waals surface area contributed by atoms with E-state index in [1.807, 2.05) is 38.1 Å². The first kappa shape index (κ1) is 16.5. The van der Waals surface area contributed by atoms with E-state index in [1.54, 1.807) is 27.8 Å². The Kier molecular flexibility index (Phi) is 4.04. The summed E-state index contributed by atoms with van der Waals surface area (Å²) in [6.45, 7) is 3.83. The van der Waals surface area contributed by atoms with Crippen molar-refractivity contribution in [2.75, 3.05) is 0 Å². The Morgan fingerprint density at radius 2 is 2.04 bits per heavy atom. The summed E-state index contributed by atoms with van der Waals surface area (Å²) in [7, 11) is 0. The van der Waals surface area contributed by atoms with E-state index in [4.69, 9.17) is 0 Å². The molecular weight excluding hydrogens is 332 g/mol. The average molecular weight is 352 g/mol. The van der Waals surface area contributed by atoms with Gasteiger partial charge in [0.15, 0.2) is 5.69 Å². The normalized spacial score (nSPS) is 22.0. The van der Waals surface area contributed by atoms with Gasteiger partial charge in [-0.2, -0.15) is 5.10 Å². The fourth-order valence-corrected chi connectivity index (χ4v) is 3.28. The molecule has 2 N–H and O–H groups in total. The zero-order valence-electron chi connectivity index (χ0n) is 14.6. The zero-order valence-corrected chi connectivity index (χ0v) is 14.6. The molecule has 1 amide bonds. The van der Waals surface area contributed by atoms with Gasteiger partial charge in [-0.15, -0.1) is 5.10 Å². The molecule has 1 fully saturated rings. The predicted octanol–water partition coefficient (Wildman–Crippen LogP) is 1.18. The molecule has 8 heteroatoms. The fraction of sp³-hybridized carbons (Fsp3) is 0.333. The number of nitrogens with zero attached hydrogens (tertiary/aromatic N) is 5. The molecule has 1 saturated carbocycles. The molecule has 1 aliphatic rings. The van der Waals surface area contributed by atoms with E-state index < -0.39 is 6.10 Å². The number of hydrogen-bond donors (Lipinski definition) is 2. The predicted molar refractivity (Wildman–Crippen MR) is 94.0 cm³/mol. The van der Waals surface area contributed by atoms with Crippen molar-refractivity contribution in [2.24, 2.45) is 0 Å². The van der Waals surface area contributed by atoms with Crippen molar-refractivity contribution < 1.29 is 9.90 Å². The maximum atomic E-state index is 12.7. The molecular formula is C18H20N6O2. The number of hydrogen-bond acceptors (Lipinski definition) is 5. The standard InChI is InChI=1S/C18H20N6O2/c1-11-4-6-13(7-5-11)24-12(2)16(21-22-24)18(26)20-14-10-15(25)17(14)23-9-3-8-19-23/h3-9,14-15,17,25H,10H2,1-2H3,(H,20,26)/t14-,15+,17+/m0/s1. The van der Waals surface area contributed by atoms with E-state index in [9.17, 15) is 9.90 Å². The molecule has 4 rings (SSSR count). The van der Waals surface area contributed by atoms with Crippen LogP contribution in [0.1, 0.15) is 34.2 Å². The van der Waals surface area contributed by atoms with E-state index in [0.717, 1.165) is 11.3 Å². The fourth-order valence-electron chi connectivity index (χ4n) is 3.28. The van der Waals surface area contributed by atoms with Gasteiger partial charge >= 0.3 is 0 Å². The molecule has 2 aromatic heterocycles. The van der Waals surface area contributed by atoms with E-state index in [1.165, 1.54) is 0 Å². The number of aromatic nitrogens is 5. The van der Waals surface area contributed by atoms with Gasteiger partial charge in [0.25, 0.3) is 5.91 Å². The van der Waals surface area contributed by atoms with Crippen molar-refractivity contribution >= 4 is 5.91 Å². The Hall–Kier alpha value is -3.00. The first-order chi connectivity index (χ1) is 12.5. The van der Waals surface area contributed by atoms with Gasteiger partial charge in [0.2, 0.25) is 0 Å². The molecule has 2 heterocycles. The lowest BCUT2D eigenvalue weighted by Gasteiger charge is -2.41. The van der Waals surface area contributed by atoms with Gasteiger partial charge < -0.3 is 10.4 Å². The molecule has 3 aromatic rings. The summed E-state index contributed by atoms with van der Waals surface area (Å²) in [5.74, 6) is -0.296. The number of rotatable bonds is 4. The highest BCUT2D eigenvalue weighted by molar-refractivity contribution is 5.93. The van der Waals surface area contributed by atoms with Gasteiger partial charge in [-0.3, -0.25) is 9.48 Å². The van der Waals surface area contributed by atoms with Gasteiger partial charge in [0.05, 0.1) is 29.6 Å². The molecule has 0 unspecified atom stereocenters. The van der Waals surface area contributed by atoms with Crippen molar-refractivity contribution in [3.8, 4) is 5.69 Å². The SMILES string of the molecule is Cc1ccc(-n2nnc(C(=O)N[C@H]3C[C@@H](O)[C@@H]3n3cccn3)c2C)cc1. The maximum absolute atomic E-state index is 12.7. The van der Waals surface area contributed by atoms with Crippen molar-refractivity contribution in [1.29, 1.82) is 0 Å². The molecule has 8 nitrogen and oxygen atoms in total. The zero-order chi connectivity index (χ0) is 18.3. The highest BCUT2D eigenvalue weighted by Crippen LogP contribution is 2.32. The summed E-state index contributed by atoms with van der Waals surface area (Å²) in [6, 6.07) is 9.19. The van der Waals surface area contributed by atoms with Crippen LogP contribution < -0.4 is 5.32 Å². The lowest BCUT2D eigenvalue weighted by Crippen LogP contribution is -2.56. The Morgan fingerprint density at radius 3 is 2.69 bits per heavy atom. The summed E-state index contributed by atoms with van der Waals surface area (Å²) in [4.78, 5) is 12.7. The molecule has 134 valence electrons. The number of aliphatic hydroxyl groups is 1. The Bertz CT molecular complexity index is 916. The van der Waals surface area contributed by atoms with Crippen LogP contribution >= 0.6 is 0 Å². The minimum Gasteiger partial charge on any atom is -0.391 e. The van der Waals surface area contributed by atoms with Crippen LogP contribution in [0.4, 0.5) is 0 Å². The summed E-state index contributed by atoms with van der Waals surface area (Å²) in [5, 5.41) is 25.3. The third kappa shape index (κ3) is 2.78. The van der Waals surface area contributed by atoms with Gasteiger partial charge in [-0.1, -0.05) is 22.9 Å². The number of carbonyl (C=O) groups excluding carboxylic acids is 1. The second-order valence-electron chi connectivity index (χ2n) is 6.63. The van der Waals surface area contributed by atoms with Crippen LogP contribution in [0.3, 0.4) is 0 Å². The summed E-state index contributed by atoms with van der Waals surface area (Å²) in [5.41, 5.74) is 2.96. The van der Waals surface area contributed by atoms with Crippen molar-refractivity contribution in [3.63, 3.8) is 0 Å². The Balaban J connectivity index is 1.52. The Labute approximate surface area is 150 Å². The molecule has 0 bridgehead atoms. The first-order valence-corrected chi connectivity index (χ1v) is 8.52. The van der Waals surface area contributed by atoms with Crippen LogP contribution in [0.2, 0.25) is 0 Å². The average Bonchev–Trinajstić information content (AvgIpc) is 3.25. The highest BCUT2D eigenvalue weighted by Gasteiger charge is 2.43. The van der Waals surface area contributed by atoms with Crippen LogP contribution in [0, 0.1) is 13.8 Å². The topological polar surface area (TPSA) is 97.9 Å². The van der Waals surface area contributed by atoms with E-state index >= 15 is 0 Å². The van der Waals surface area contributed by atoms with Crippen LogP contribution in [-0.4, -0.2) is 47.9 Å². The molecule has 0 radical (unpaired) electrons. The van der Waals surface area contributed by atoms with Gasteiger partial charge in [0.1, 0.15) is 0 Å². The largest absolute Gasteiger partial charge is 0.391 e. The minimum atomic E-state index is -0.524. The summed E-state index contributed by atoms with van der Waals surface area (Å²) >= 11 is 0. The number of carbonyl (C=O) groups is 1. The van der Waals surface area contributed by atoms with E-state index in [2.05, 4.69) is 20.7 Å². The molecule has 0 spiro atoms. The Morgan fingerprint density at radius 1 is 1.27 bits per heavy atom. The monoisotopic (exact) mass is 352 g/mol. The lowest BCUT2D eigenvalue weighted by atomic mass is 9.83. The molecule has 1 aliphatic carbocycles. The number of nitrogens with one attached hydrogen (secondary N) is 1. The lowest BCUT2D eigenvalue weighted by molar-refractivity contribution is -0.00596. The smallest absolute Gasteiger partial charge is 0.274 e. The summed E-state index contributed by atoms with van der Waals surface area (Å²) < 4.78 is 3.32. The number of amides is 1. The van der Waals surface area contributed by atoms with Crippen molar-refractivity contribution in [3.05, 3.63) is 59.7 Å². The van der Waals surface area contributed by atoms with E-state index in [0.29, 0.717) is 12.1 Å². The molecule has 0 aliphatic heterocycles. The van der Waals surface area contributed by atoms with Gasteiger partial charge in [-0.25, -0.2) is 4.68 Å². The van der Waals surface area contributed by atoms with Crippen molar-refractivity contribution in [1.82, 2.24) is 30.1 Å². The van der Waals surface area contributed by atoms with Crippen LogP contribution in [0.15, 0.2) is 42.7 Å². The first-order valence-electron chi connectivity index (χ1n) is 8.52. The van der Waals surface area contributed by atoms with Gasteiger partial charge in [-0.05, 0) is 38.5 Å². The van der Waals surface area contributed by atoms with Gasteiger partial charge in [0, 0.05) is 12.4 Å². The molecule has 3 atom stereocenters. The maximum Gasteiger partial charge on any atom is 0.274 e. The van der Waals surface area contributed by atoms with Crippen LogP contribution in [0.5, 0.6) is 0 Å². The second-order valence-corrected chi connectivity index (χ2v) is 6.63. The van der Waals surface area contributed by atoms with Crippen LogP contribution in [-0.2, 0) is 0 Å². The molecule has 26 heavy (non-hydrogen) atoms. The molecule has 0 saturated heterocycles. The second kappa shape index (κ2) is 6.38. The minimum absolute atomic E-state index is 0.193. The summed E-state index contributed by atoms with van der Waals surface area (Å²) in [6.07, 6.45) is 3.40. The third-order valence-electron chi connectivity index (χ3n) is 4.84. The quantitative estimate of drug-likeness (QED) is 0.735. The number of benzene rings is 1. The van der Waals surface area contributed by atoms with Crippen LogP contribution in [0.25, 0.3) is 5.69 Å². The van der Waals surface area contributed by atoms with Crippen molar-refractivity contribution in [2.45, 2.75) is 38.5 Å². The number of aryl methyl sites for hydroxylation is 1. The molecule has 1 aromatic carbocycles. The number of aliphatic hydroxyl groups excluding tert-OH is 1. The third-order valence-corrected chi connectivity index (χ3v) is 4.84. The van der Waals surface area contributed by atoms with E-state index in [-0.39, 0.29) is 23.7 Å². The highest BCUT2D eigenvalue weighted by atomic mass is 16.3.